The van der Waals surface area contributed by atoms with Crippen LogP contribution in [0.15, 0.2) is 42.0 Å². The predicted octanol–water partition coefficient (Wildman–Crippen LogP) is 2.37. The van der Waals surface area contributed by atoms with Gasteiger partial charge in [-0.25, -0.2) is 4.79 Å². The van der Waals surface area contributed by atoms with Gasteiger partial charge in [-0.15, -0.1) is 0 Å². The quantitative estimate of drug-likeness (QED) is 0.560. The molecule has 92 valence electrons. The molecule has 0 saturated carbocycles. The lowest BCUT2D eigenvalue weighted by atomic mass is 10.1. The minimum Gasteiger partial charge on any atom is -0.466 e. The van der Waals surface area contributed by atoms with Gasteiger partial charge in [0.25, 0.3) is 0 Å². The van der Waals surface area contributed by atoms with E-state index in [4.69, 9.17) is 9.47 Å². The van der Waals surface area contributed by atoms with E-state index < -0.39 is 0 Å². The van der Waals surface area contributed by atoms with Crippen LogP contribution in [0.1, 0.15) is 12.5 Å². The van der Waals surface area contributed by atoms with Crippen LogP contribution in [0.3, 0.4) is 0 Å². The van der Waals surface area contributed by atoms with Crippen LogP contribution >= 0.6 is 0 Å². The van der Waals surface area contributed by atoms with Crippen LogP contribution in [-0.4, -0.2) is 26.3 Å². The maximum atomic E-state index is 11.5. The summed E-state index contributed by atoms with van der Waals surface area (Å²) in [7, 11) is 1.38. The summed E-state index contributed by atoms with van der Waals surface area (Å²) in [6.07, 6.45) is 2.56. The van der Waals surface area contributed by atoms with Crippen LogP contribution in [-0.2, 0) is 20.7 Å². The summed E-state index contributed by atoms with van der Waals surface area (Å²) in [6, 6.07) is 9.96. The van der Waals surface area contributed by atoms with Gasteiger partial charge in [-0.3, -0.25) is 0 Å². The zero-order chi connectivity index (χ0) is 12.5. The standard InChI is InChI=1S/C14H18O3/c1-3-17-11-13(14(15)16-2)10-9-12-7-5-4-6-8-12/h4-8,10H,3,9,11H2,1-2H3. The van der Waals surface area contributed by atoms with Gasteiger partial charge in [-0.1, -0.05) is 36.4 Å². The summed E-state index contributed by atoms with van der Waals surface area (Å²) in [5, 5.41) is 0. The molecule has 0 N–H and O–H groups in total. The molecule has 0 atom stereocenters. The molecule has 0 bridgehead atoms. The minimum absolute atomic E-state index is 0.302. The van der Waals surface area contributed by atoms with Crippen LogP contribution in [0.25, 0.3) is 0 Å². The van der Waals surface area contributed by atoms with E-state index in [0.717, 1.165) is 5.56 Å². The van der Waals surface area contributed by atoms with E-state index >= 15 is 0 Å². The Morgan fingerprint density at radius 3 is 2.59 bits per heavy atom. The second kappa shape index (κ2) is 7.63. The minimum atomic E-state index is -0.325. The third-order valence-electron chi connectivity index (χ3n) is 2.34. The maximum Gasteiger partial charge on any atom is 0.335 e. The average Bonchev–Trinajstić information content (AvgIpc) is 2.39. The molecule has 0 aliphatic heterocycles. The number of methoxy groups -OCH3 is 1. The topological polar surface area (TPSA) is 35.5 Å². The fraction of sp³-hybridized carbons (Fsp3) is 0.357. The molecule has 0 spiro atoms. The van der Waals surface area contributed by atoms with Gasteiger partial charge < -0.3 is 9.47 Å². The number of carbonyl (C=O) groups is 1. The monoisotopic (exact) mass is 234 g/mol. The Morgan fingerprint density at radius 1 is 1.29 bits per heavy atom. The van der Waals surface area contributed by atoms with Crippen molar-refractivity contribution in [3.05, 3.63) is 47.5 Å². The number of hydrogen-bond donors (Lipinski definition) is 0. The van der Waals surface area contributed by atoms with E-state index in [1.54, 1.807) is 0 Å². The molecular weight excluding hydrogens is 216 g/mol. The number of ether oxygens (including phenoxy) is 2. The number of esters is 1. The summed E-state index contributed by atoms with van der Waals surface area (Å²) >= 11 is 0. The highest BCUT2D eigenvalue weighted by molar-refractivity contribution is 5.88. The van der Waals surface area contributed by atoms with E-state index in [0.29, 0.717) is 25.2 Å². The number of hydrogen-bond acceptors (Lipinski definition) is 3. The van der Waals surface area contributed by atoms with Gasteiger partial charge in [-0.05, 0) is 18.9 Å². The molecule has 0 aliphatic rings. The molecule has 0 amide bonds. The summed E-state index contributed by atoms with van der Waals surface area (Å²) in [5.41, 5.74) is 1.73. The molecule has 1 aromatic rings. The Labute approximate surface area is 102 Å². The lowest BCUT2D eigenvalue weighted by Gasteiger charge is -2.05. The summed E-state index contributed by atoms with van der Waals surface area (Å²) in [5.74, 6) is -0.325. The third kappa shape index (κ3) is 4.83. The second-order valence-corrected chi connectivity index (χ2v) is 3.55. The van der Waals surface area contributed by atoms with Crippen molar-refractivity contribution in [2.24, 2.45) is 0 Å². The van der Waals surface area contributed by atoms with Crippen LogP contribution in [0.2, 0.25) is 0 Å². The van der Waals surface area contributed by atoms with E-state index in [1.165, 1.54) is 7.11 Å². The Kier molecular flexibility index (Phi) is 6.04. The first-order valence-electron chi connectivity index (χ1n) is 5.67. The van der Waals surface area contributed by atoms with Crippen molar-refractivity contribution in [3.63, 3.8) is 0 Å². The normalized spacial score (nSPS) is 11.3. The summed E-state index contributed by atoms with van der Waals surface area (Å²) in [6.45, 7) is 2.78. The highest BCUT2D eigenvalue weighted by atomic mass is 16.5. The molecule has 3 heteroatoms. The fourth-order valence-electron chi connectivity index (χ4n) is 1.40. The molecule has 0 unspecified atom stereocenters. The van der Waals surface area contributed by atoms with Gasteiger partial charge in [0.05, 0.1) is 19.3 Å². The third-order valence-corrected chi connectivity index (χ3v) is 2.34. The Hall–Kier alpha value is -1.61. The fourth-order valence-corrected chi connectivity index (χ4v) is 1.40. The zero-order valence-corrected chi connectivity index (χ0v) is 10.3. The van der Waals surface area contributed by atoms with Gasteiger partial charge in [0.15, 0.2) is 0 Å². The zero-order valence-electron chi connectivity index (χ0n) is 10.3. The molecule has 1 aromatic carbocycles. The van der Waals surface area contributed by atoms with E-state index in [1.807, 2.05) is 43.3 Å². The molecule has 1 rings (SSSR count). The Morgan fingerprint density at radius 2 is 2.00 bits per heavy atom. The number of rotatable bonds is 6. The van der Waals surface area contributed by atoms with Crippen molar-refractivity contribution in [1.82, 2.24) is 0 Å². The highest BCUT2D eigenvalue weighted by Gasteiger charge is 2.08. The predicted molar refractivity (Wildman–Crippen MR) is 66.7 cm³/mol. The first-order valence-corrected chi connectivity index (χ1v) is 5.67. The second-order valence-electron chi connectivity index (χ2n) is 3.55. The molecular formula is C14H18O3. The molecule has 0 aromatic heterocycles. The molecule has 0 radical (unpaired) electrons. The highest BCUT2D eigenvalue weighted by Crippen LogP contribution is 2.05. The first-order chi connectivity index (χ1) is 8.27. The van der Waals surface area contributed by atoms with Crippen molar-refractivity contribution in [2.45, 2.75) is 13.3 Å². The lowest BCUT2D eigenvalue weighted by molar-refractivity contribution is -0.136. The van der Waals surface area contributed by atoms with Crippen LogP contribution in [0, 0.1) is 0 Å². The van der Waals surface area contributed by atoms with E-state index in [9.17, 15) is 4.79 Å². The van der Waals surface area contributed by atoms with Crippen molar-refractivity contribution >= 4 is 5.97 Å². The molecule has 0 saturated heterocycles. The van der Waals surface area contributed by atoms with E-state index in [-0.39, 0.29) is 5.97 Å². The number of allylic oxidation sites excluding steroid dienone is 1. The molecule has 0 fully saturated rings. The molecule has 0 aliphatic carbocycles. The smallest absolute Gasteiger partial charge is 0.335 e. The van der Waals surface area contributed by atoms with Crippen molar-refractivity contribution in [3.8, 4) is 0 Å². The van der Waals surface area contributed by atoms with Crippen molar-refractivity contribution < 1.29 is 14.3 Å². The number of benzene rings is 1. The van der Waals surface area contributed by atoms with Crippen LogP contribution in [0.5, 0.6) is 0 Å². The molecule has 3 nitrogen and oxygen atoms in total. The Balaban J connectivity index is 2.65. The maximum absolute atomic E-state index is 11.5. The van der Waals surface area contributed by atoms with Crippen molar-refractivity contribution in [2.75, 3.05) is 20.3 Å². The van der Waals surface area contributed by atoms with E-state index in [2.05, 4.69) is 0 Å². The molecule has 17 heavy (non-hydrogen) atoms. The molecule has 0 heterocycles. The first kappa shape index (κ1) is 13.5. The van der Waals surface area contributed by atoms with Crippen LogP contribution < -0.4 is 0 Å². The SMILES string of the molecule is CCOCC(=CCc1ccccc1)C(=O)OC. The summed E-state index contributed by atoms with van der Waals surface area (Å²) < 4.78 is 9.95. The van der Waals surface area contributed by atoms with Gasteiger partial charge in [0, 0.05) is 6.61 Å². The van der Waals surface area contributed by atoms with Gasteiger partial charge in [0.1, 0.15) is 0 Å². The van der Waals surface area contributed by atoms with Gasteiger partial charge in [0.2, 0.25) is 0 Å². The summed E-state index contributed by atoms with van der Waals surface area (Å²) in [4.78, 5) is 11.5. The van der Waals surface area contributed by atoms with Crippen LogP contribution in [0.4, 0.5) is 0 Å². The average molecular weight is 234 g/mol. The Bertz CT molecular complexity index is 368. The largest absolute Gasteiger partial charge is 0.466 e. The lowest BCUT2D eigenvalue weighted by Crippen LogP contribution is -2.11. The number of carbonyl (C=O) groups excluding carboxylic acids is 1. The van der Waals surface area contributed by atoms with Gasteiger partial charge in [-0.2, -0.15) is 0 Å². The van der Waals surface area contributed by atoms with Gasteiger partial charge >= 0.3 is 5.97 Å². The van der Waals surface area contributed by atoms with Crippen molar-refractivity contribution in [1.29, 1.82) is 0 Å².